The van der Waals surface area contributed by atoms with Crippen LogP contribution in [0.25, 0.3) is 0 Å². The van der Waals surface area contributed by atoms with Crippen LogP contribution >= 0.6 is 0 Å². The topological polar surface area (TPSA) is 40.5 Å². The van der Waals surface area contributed by atoms with Gasteiger partial charge in [0.15, 0.2) is 0 Å². The molecule has 0 amide bonds. The predicted octanol–water partition coefficient (Wildman–Crippen LogP) is 7.10. The highest BCUT2D eigenvalue weighted by Gasteiger charge is 2.37. The van der Waals surface area contributed by atoms with Crippen LogP contribution in [-0.2, 0) is 30.1 Å². The van der Waals surface area contributed by atoms with Crippen molar-refractivity contribution in [2.75, 3.05) is 6.54 Å². The molecular weight excluding hydrogens is 460 g/mol. The predicted molar refractivity (Wildman–Crippen MR) is 115 cm³/mol. The molecule has 0 saturated carbocycles. The van der Waals surface area contributed by atoms with E-state index in [1.807, 2.05) is 11.8 Å². The molecule has 1 aliphatic heterocycles. The van der Waals surface area contributed by atoms with Gasteiger partial charge in [0.2, 0.25) is 0 Å². The number of rotatable bonds is 7. The summed E-state index contributed by atoms with van der Waals surface area (Å²) in [6.07, 6.45) is -6.89. The number of carbonyl (C=O) groups is 1. The highest BCUT2D eigenvalue weighted by Crippen LogP contribution is 2.40. The average Bonchev–Trinajstić information content (AvgIpc) is 2.73. The summed E-state index contributed by atoms with van der Waals surface area (Å²) in [5.41, 5.74) is -0.107. The van der Waals surface area contributed by atoms with Crippen molar-refractivity contribution in [1.82, 2.24) is 4.90 Å². The smallest absolute Gasteiger partial charge is 0.416 e. The van der Waals surface area contributed by atoms with Gasteiger partial charge in [0.25, 0.3) is 0 Å². The van der Waals surface area contributed by atoms with Gasteiger partial charge in [0, 0.05) is 19.0 Å². The molecule has 0 spiro atoms. The number of alkyl halides is 6. The lowest BCUT2D eigenvalue weighted by Crippen LogP contribution is -2.37. The van der Waals surface area contributed by atoms with Crippen molar-refractivity contribution >= 4 is 5.97 Å². The largest absolute Gasteiger partial charge is 0.481 e. The van der Waals surface area contributed by atoms with E-state index in [4.69, 9.17) is 0 Å². The number of benzene rings is 2. The van der Waals surface area contributed by atoms with E-state index in [2.05, 4.69) is 0 Å². The number of piperidine rings is 1. The van der Waals surface area contributed by atoms with Crippen molar-refractivity contribution in [2.24, 2.45) is 5.92 Å². The van der Waals surface area contributed by atoms with Crippen LogP contribution in [0.2, 0.25) is 0 Å². The van der Waals surface area contributed by atoms with Crippen LogP contribution in [0.3, 0.4) is 0 Å². The molecule has 2 aromatic carbocycles. The lowest BCUT2D eigenvalue weighted by Gasteiger charge is -2.40. The molecule has 1 N–H and O–H groups in total. The first-order chi connectivity index (χ1) is 15.9. The van der Waals surface area contributed by atoms with Gasteiger partial charge in [0.1, 0.15) is 0 Å². The van der Waals surface area contributed by atoms with Crippen LogP contribution in [0, 0.1) is 5.92 Å². The van der Waals surface area contributed by atoms with Crippen LogP contribution in [0.4, 0.5) is 26.3 Å². The number of aryl methyl sites for hydroxylation is 1. The number of likely N-dealkylation sites (tertiary alicyclic amines) is 1. The zero-order valence-electron chi connectivity index (χ0n) is 18.7. The van der Waals surface area contributed by atoms with Crippen molar-refractivity contribution in [3.05, 3.63) is 70.3 Å². The summed E-state index contributed by atoms with van der Waals surface area (Å²) in [4.78, 5) is 13.0. The molecule has 2 aromatic rings. The maximum Gasteiger partial charge on any atom is 0.416 e. The Labute approximate surface area is 194 Å². The van der Waals surface area contributed by atoms with Crippen LogP contribution < -0.4 is 0 Å². The van der Waals surface area contributed by atoms with Crippen molar-refractivity contribution in [3.63, 3.8) is 0 Å². The van der Waals surface area contributed by atoms with E-state index < -0.39 is 35.5 Å². The fraction of sp³-hybridized carbons (Fsp3) is 0.480. The molecule has 2 atom stereocenters. The second-order valence-corrected chi connectivity index (χ2v) is 8.83. The maximum atomic E-state index is 13.7. The summed E-state index contributed by atoms with van der Waals surface area (Å²) in [5, 5.41) is 9.19. The molecule has 3 nitrogen and oxygen atoms in total. The number of hydrogen-bond donors (Lipinski definition) is 1. The standard InChI is InChI=1S/C25H27F6NO2/c1-2-3-16-4-9-21(25(29,30)31)19(12-16)15-32-11-10-17(14-23(33)34)13-22(32)18-5-7-20(8-6-18)24(26,27)28/h4-9,12,17,22H,2-3,10-11,13-15H2,1H3,(H,33,34)/t17-,22+/m1/s1. The number of nitrogens with zero attached hydrogens (tertiary/aromatic N) is 1. The lowest BCUT2D eigenvalue weighted by molar-refractivity contribution is -0.140. The van der Waals surface area contributed by atoms with Crippen LogP contribution in [0.1, 0.15) is 66.5 Å². The van der Waals surface area contributed by atoms with Crippen LogP contribution in [-0.4, -0.2) is 22.5 Å². The third-order valence-electron chi connectivity index (χ3n) is 6.30. The van der Waals surface area contributed by atoms with E-state index in [1.54, 1.807) is 6.07 Å². The Balaban J connectivity index is 1.95. The first kappa shape index (κ1) is 26.1. The van der Waals surface area contributed by atoms with Crippen LogP contribution in [0.5, 0.6) is 0 Å². The second kappa shape index (κ2) is 10.4. The summed E-state index contributed by atoms with van der Waals surface area (Å²) >= 11 is 0. The molecule has 34 heavy (non-hydrogen) atoms. The number of carboxylic acid groups (broad SMARTS) is 1. The quantitative estimate of drug-likeness (QED) is 0.424. The Morgan fingerprint density at radius 1 is 1.03 bits per heavy atom. The van der Waals surface area contributed by atoms with Crippen molar-refractivity contribution in [2.45, 2.75) is 64.0 Å². The van der Waals surface area contributed by atoms with Crippen molar-refractivity contribution in [3.8, 4) is 0 Å². The molecule has 1 heterocycles. The zero-order valence-corrected chi connectivity index (χ0v) is 18.7. The Bertz CT molecular complexity index is 984. The Hall–Kier alpha value is -2.55. The Kier molecular flexibility index (Phi) is 7.95. The molecule has 1 fully saturated rings. The summed E-state index contributed by atoms with van der Waals surface area (Å²) in [7, 11) is 0. The third-order valence-corrected chi connectivity index (χ3v) is 6.30. The van der Waals surface area contributed by atoms with Gasteiger partial charge < -0.3 is 5.11 Å². The fourth-order valence-electron chi connectivity index (χ4n) is 4.67. The summed E-state index contributed by atoms with van der Waals surface area (Å²) < 4.78 is 80.2. The van der Waals surface area contributed by atoms with Crippen LogP contribution in [0.15, 0.2) is 42.5 Å². The molecule has 9 heteroatoms. The SMILES string of the molecule is CCCc1ccc(C(F)(F)F)c(CN2CC[C@@H](CC(=O)O)C[C@H]2c2ccc(C(F)(F)F)cc2)c1. The van der Waals surface area contributed by atoms with Gasteiger partial charge in [-0.15, -0.1) is 0 Å². The summed E-state index contributed by atoms with van der Waals surface area (Å²) in [6.45, 7) is 2.25. The first-order valence-electron chi connectivity index (χ1n) is 11.2. The normalized spacial score (nSPS) is 19.9. The molecule has 0 unspecified atom stereocenters. The van der Waals surface area contributed by atoms with E-state index >= 15 is 0 Å². The highest BCUT2D eigenvalue weighted by atomic mass is 19.4. The highest BCUT2D eigenvalue weighted by molar-refractivity contribution is 5.67. The Morgan fingerprint density at radius 2 is 1.71 bits per heavy atom. The van der Waals surface area contributed by atoms with E-state index in [-0.39, 0.29) is 24.4 Å². The molecule has 0 aliphatic carbocycles. The van der Waals surface area contributed by atoms with Gasteiger partial charge >= 0.3 is 18.3 Å². The number of carboxylic acids is 1. The minimum atomic E-state index is -4.54. The molecule has 1 saturated heterocycles. The maximum absolute atomic E-state index is 13.7. The van der Waals surface area contributed by atoms with Gasteiger partial charge in [-0.05, 0) is 66.6 Å². The van der Waals surface area contributed by atoms with Gasteiger partial charge in [0.05, 0.1) is 11.1 Å². The summed E-state index contributed by atoms with van der Waals surface area (Å²) in [5.74, 6) is -1.19. The molecular formula is C25H27F6NO2. The minimum absolute atomic E-state index is 0.0299. The van der Waals surface area contributed by atoms with Crippen molar-refractivity contribution < 1.29 is 36.2 Å². The van der Waals surface area contributed by atoms with Gasteiger partial charge in [-0.3, -0.25) is 9.69 Å². The molecule has 0 bridgehead atoms. The zero-order chi connectivity index (χ0) is 25.1. The van der Waals surface area contributed by atoms with E-state index in [9.17, 15) is 36.2 Å². The van der Waals surface area contributed by atoms with Gasteiger partial charge in [-0.2, -0.15) is 26.3 Å². The third kappa shape index (κ3) is 6.52. The molecule has 0 radical (unpaired) electrons. The van der Waals surface area contributed by atoms with E-state index in [0.717, 1.165) is 30.2 Å². The second-order valence-electron chi connectivity index (χ2n) is 8.83. The first-order valence-corrected chi connectivity index (χ1v) is 11.2. The molecule has 186 valence electrons. The number of halogens is 6. The fourth-order valence-corrected chi connectivity index (χ4v) is 4.67. The minimum Gasteiger partial charge on any atom is -0.481 e. The van der Waals surface area contributed by atoms with Gasteiger partial charge in [-0.1, -0.05) is 37.6 Å². The Morgan fingerprint density at radius 3 is 2.26 bits per heavy atom. The van der Waals surface area contributed by atoms with Crippen molar-refractivity contribution in [1.29, 1.82) is 0 Å². The monoisotopic (exact) mass is 487 g/mol. The number of hydrogen-bond acceptors (Lipinski definition) is 2. The van der Waals surface area contributed by atoms with E-state index in [0.29, 0.717) is 31.4 Å². The lowest BCUT2D eigenvalue weighted by atomic mass is 9.84. The molecule has 3 rings (SSSR count). The molecule has 1 aliphatic rings. The van der Waals surface area contributed by atoms with E-state index in [1.165, 1.54) is 18.2 Å². The summed E-state index contributed by atoms with van der Waals surface area (Å²) in [6, 6.07) is 8.21. The molecule has 0 aromatic heterocycles. The number of aliphatic carboxylic acids is 1. The van der Waals surface area contributed by atoms with Gasteiger partial charge in [-0.25, -0.2) is 0 Å². The average molecular weight is 487 g/mol.